The molecule has 1 N–H and O–H groups in total. The number of ether oxygens (including phenoxy) is 1. The van der Waals surface area contributed by atoms with Crippen LogP contribution in [0.3, 0.4) is 0 Å². The predicted molar refractivity (Wildman–Crippen MR) is 124 cm³/mol. The monoisotopic (exact) mass is 430 g/mol. The number of hydrazone groups is 1. The van der Waals surface area contributed by atoms with Crippen molar-refractivity contribution in [3.8, 4) is 5.75 Å². The number of thioether (sulfide) groups is 1. The van der Waals surface area contributed by atoms with Crippen molar-refractivity contribution in [2.24, 2.45) is 12.1 Å². The summed E-state index contributed by atoms with van der Waals surface area (Å²) >= 11 is 1.38. The van der Waals surface area contributed by atoms with Crippen molar-refractivity contribution in [3.63, 3.8) is 0 Å². The lowest BCUT2D eigenvalue weighted by atomic mass is 10.2. The molecular weight excluding hydrogens is 408 g/mol. The summed E-state index contributed by atoms with van der Waals surface area (Å²) < 4.78 is 7.81. The number of hydrogen-bond donors (Lipinski definition) is 1. The summed E-state index contributed by atoms with van der Waals surface area (Å²) in [7, 11) is 1.95. The number of nitrogens with one attached hydrogen (secondary N) is 1. The molecule has 7 heteroatoms. The quantitative estimate of drug-likeness (QED) is 0.256. The molecule has 6 nitrogen and oxygen atoms in total. The molecule has 0 aliphatic carbocycles. The van der Waals surface area contributed by atoms with Crippen LogP contribution in [0, 0.1) is 0 Å². The van der Waals surface area contributed by atoms with Gasteiger partial charge in [-0.1, -0.05) is 66.4 Å². The van der Waals surface area contributed by atoms with E-state index in [-0.39, 0.29) is 11.7 Å². The Morgan fingerprint density at radius 2 is 1.90 bits per heavy atom. The Kier molecular flexibility index (Phi) is 6.64. The Bertz CT molecular complexity index is 1200. The van der Waals surface area contributed by atoms with Crippen LogP contribution in [0.1, 0.15) is 11.1 Å². The molecule has 0 saturated heterocycles. The van der Waals surface area contributed by atoms with Crippen LogP contribution in [0.4, 0.5) is 0 Å². The lowest BCUT2D eigenvalue weighted by molar-refractivity contribution is -0.118. The van der Waals surface area contributed by atoms with Gasteiger partial charge in [-0.25, -0.2) is 10.4 Å². The van der Waals surface area contributed by atoms with Gasteiger partial charge in [0.15, 0.2) is 5.16 Å². The molecule has 4 aromatic rings. The van der Waals surface area contributed by atoms with Crippen molar-refractivity contribution in [1.29, 1.82) is 0 Å². The van der Waals surface area contributed by atoms with Crippen molar-refractivity contribution < 1.29 is 9.53 Å². The van der Waals surface area contributed by atoms with E-state index < -0.39 is 0 Å². The van der Waals surface area contributed by atoms with Crippen LogP contribution < -0.4 is 10.2 Å². The first kappa shape index (κ1) is 20.7. The fourth-order valence-corrected chi connectivity index (χ4v) is 3.80. The molecule has 0 atom stereocenters. The Morgan fingerprint density at radius 1 is 1.10 bits per heavy atom. The van der Waals surface area contributed by atoms with Crippen LogP contribution in [0.25, 0.3) is 11.0 Å². The summed E-state index contributed by atoms with van der Waals surface area (Å²) in [6.45, 7) is 0.498. The van der Waals surface area contributed by atoms with Gasteiger partial charge in [-0.3, -0.25) is 4.79 Å². The maximum atomic E-state index is 12.2. The lowest BCUT2D eigenvalue weighted by Gasteiger charge is -2.06. The molecule has 31 heavy (non-hydrogen) atoms. The van der Waals surface area contributed by atoms with Gasteiger partial charge in [0.25, 0.3) is 5.91 Å². The average Bonchev–Trinajstić information content (AvgIpc) is 3.13. The minimum absolute atomic E-state index is 0.190. The number of carbonyl (C=O) groups is 1. The number of amides is 1. The molecular formula is C24H22N4O2S. The van der Waals surface area contributed by atoms with Crippen LogP contribution in [0.15, 0.2) is 89.1 Å². The molecule has 4 rings (SSSR count). The van der Waals surface area contributed by atoms with E-state index in [1.165, 1.54) is 11.8 Å². The highest BCUT2D eigenvalue weighted by atomic mass is 32.2. The smallest absolute Gasteiger partial charge is 0.250 e. The summed E-state index contributed by atoms with van der Waals surface area (Å²) in [5.74, 6) is 0.788. The number of carbonyl (C=O) groups excluding carboxylic acids is 1. The van der Waals surface area contributed by atoms with Gasteiger partial charge in [-0.05, 0) is 35.4 Å². The van der Waals surface area contributed by atoms with Gasteiger partial charge in [-0.15, -0.1) is 0 Å². The predicted octanol–water partition coefficient (Wildman–Crippen LogP) is 4.39. The zero-order valence-electron chi connectivity index (χ0n) is 17.1. The van der Waals surface area contributed by atoms with Gasteiger partial charge in [0.1, 0.15) is 12.4 Å². The summed E-state index contributed by atoms with van der Waals surface area (Å²) in [5, 5.41) is 4.85. The fourth-order valence-electron chi connectivity index (χ4n) is 3.02. The van der Waals surface area contributed by atoms with Crippen LogP contribution >= 0.6 is 11.8 Å². The molecule has 0 radical (unpaired) electrons. The molecule has 0 unspecified atom stereocenters. The maximum absolute atomic E-state index is 12.2. The third kappa shape index (κ3) is 5.52. The molecule has 0 aliphatic rings. The average molecular weight is 431 g/mol. The number of rotatable bonds is 8. The number of aryl methyl sites for hydroxylation is 1. The number of aromatic nitrogens is 2. The normalized spacial score (nSPS) is 11.1. The zero-order valence-corrected chi connectivity index (χ0v) is 17.9. The van der Waals surface area contributed by atoms with Gasteiger partial charge in [0.05, 0.1) is 23.0 Å². The van der Waals surface area contributed by atoms with Gasteiger partial charge in [0, 0.05) is 7.05 Å². The molecule has 0 aliphatic heterocycles. The van der Waals surface area contributed by atoms with Gasteiger partial charge in [-0.2, -0.15) is 5.10 Å². The first-order chi connectivity index (χ1) is 15.2. The third-order valence-electron chi connectivity index (χ3n) is 4.59. The number of para-hydroxylation sites is 2. The molecule has 0 spiro atoms. The van der Waals surface area contributed by atoms with Gasteiger partial charge < -0.3 is 9.30 Å². The van der Waals surface area contributed by atoms with Crippen molar-refractivity contribution in [1.82, 2.24) is 15.0 Å². The van der Waals surface area contributed by atoms with Crippen LogP contribution in [-0.4, -0.2) is 27.4 Å². The first-order valence-electron chi connectivity index (χ1n) is 9.82. The Balaban J connectivity index is 1.28. The second-order valence-corrected chi connectivity index (χ2v) is 7.81. The Morgan fingerprint density at radius 3 is 2.74 bits per heavy atom. The molecule has 3 aromatic carbocycles. The van der Waals surface area contributed by atoms with Gasteiger partial charge >= 0.3 is 0 Å². The molecule has 0 bridgehead atoms. The second-order valence-electron chi connectivity index (χ2n) is 6.87. The van der Waals surface area contributed by atoms with Crippen molar-refractivity contribution in [3.05, 3.63) is 90.0 Å². The number of benzene rings is 3. The number of imidazole rings is 1. The van der Waals surface area contributed by atoms with Crippen LogP contribution in [0.5, 0.6) is 5.75 Å². The molecule has 1 aromatic heterocycles. The van der Waals surface area contributed by atoms with E-state index in [4.69, 9.17) is 4.74 Å². The van der Waals surface area contributed by atoms with Crippen LogP contribution in [0.2, 0.25) is 0 Å². The summed E-state index contributed by atoms with van der Waals surface area (Å²) in [4.78, 5) is 16.7. The van der Waals surface area contributed by atoms with E-state index in [2.05, 4.69) is 15.5 Å². The standard InChI is InChI=1S/C24H22N4O2S/c1-28-22-13-6-5-12-21(22)26-24(28)31-17-23(29)27-25-15-19-10-7-11-20(14-19)30-16-18-8-3-2-4-9-18/h2-15H,16-17H2,1H3,(H,27,29)/b25-15-. The SMILES string of the molecule is Cn1c(SCC(=O)N/N=C\c2cccc(OCc3ccccc3)c2)nc2ccccc21. The second kappa shape index (κ2) is 9.95. The summed E-state index contributed by atoms with van der Waals surface area (Å²) in [6, 6.07) is 25.5. The molecule has 0 saturated carbocycles. The minimum Gasteiger partial charge on any atom is -0.489 e. The molecule has 1 amide bonds. The largest absolute Gasteiger partial charge is 0.489 e. The van der Waals surface area contributed by atoms with Crippen molar-refractivity contribution in [2.75, 3.05) is 5.75 Å². The first-order valence-corrected chi connectivity index (χ1v) is 10.8. The summed E-state index contributed by atoms with van der Waals surface area (Å²) in [6.07, 6.45) is 1.60. The van der Waals surface area contributed by atoms with E-state index in [0.29, 0.717) is 6.61 Å². The summed E-state index contributed by atoms with van der Waals surface area (Å²) in [5.41, 5.74) is 6.47. The highest BCUT2D eigenvalue weighted by Gasteiger charge is 2.09. The number of fused-ring (bicyclic) bond motifs is 1. The third-order valence-corrected chi connectivity index (χ3v) is 5.62. The van der Waals surface area contributed by atoms with E-state index in [1.54, 1.807) is 6.21 Å². The molecule has 156 valence electrons. The van der Waals surface area contributed by atoms with E-state index >= 15 is 0 Å². The Hall–Kier alpha value is -3.58. The molecule has 0 fully saturated rings. The lowest BCUT2D eigenvalue weighted by Crippen LogP contribution is -2.19. The van der Waals surface area contributed by atoms with E-state index in [9.17, 15) is 4.79 Å². The van der Waals surface area contributed by atoms with Crippen molar-refractivity contribution in [2.45, 2.75) is 11.8 Å². The van der Waals surface area contributed by atoms with E-state index in [1.807, 2.05) is 90.5 Å². The Labute approximate surface area is 185 Å². The highest BCUT2D eigenvalue weighted by molar-refractivity contribution is 7.99. The minimum atomic E-state index is -0.190. The topological polar surface area (TPSA) is 68.5 Å². The van der Waals surface area contributed by atoms with Crippen molar-refractivity contribution >= 4 is 34.9 Å². The zero-order chi connectivity index (χ0) is 21.5. The maximum Gasteiger partial charge on any atom is 0.250 e. The number of hydrogen-bond acceptors (Lipinski definition) is 5. The van der Waals surface area contributed by atoms with E-state index in [0.717, 1.165) is 33.1 Å². The molecule has 1 heterocycles. The number of nitrogens with zero attached hydrogens (tertiary/aromatic N) is 3. The van der Waals surface area contributed by atoms with Gasteiger partial charge in [0.2, 0.25) is 0 Å². The highest BCUT2D eigenvalue weighted by Crippen LogP contribution is 2.22. The fraction of sp³-hybridized carbons (Fsp3) is 0.125. The van der Waals surface area contributed by atoms with Crippen LogP contribution in [-0.2, 0) is 18.4 Å².